The maximum atomic E-state index is 12.6. The number of nitrogens with one attached hydrogen (secondary N) is 1. The molecular formula is C18H19ClN4O3. The lowest BCUT2D eigenvalue weighted by Crippen LogP contribution is -2.13. The quantitative estimate of drug-likeness (QED) is 0.731. The van der Waals surface area contributed by atoms with E-state index in [0.717, 1.165) is 11.0 Å². The average molecular weight is 375 g/mol. The highest BCUT2D eigenvalue weighted by Crippen LogP contribution is 2.36. The maximum absolute atomic E-state index is 12.6. The van der Waals surface area contributed by atoms with E-state index < -0.39 is 0 Å². The highest BCUT2D eigenvalue weighted by atomic mass is 35.5. The van der Waals surface area contributed by atoms with Crippen LogP contribution in [-0.4, -0.2) is 34.9 Å². The van der Waals surface area contributed by atoms with E-state index in [0.29, 0.717) is 27.8 Å². The molecule has 8 heteroatoms. The van der Waals surface area contributed by atoms with E-state index in [2.05, 4.69) is 15.4 Å². The molecule has 0 fully saturated rings. The van der Waals surface area contributed by atoms with Crippen molar-refractivity contribution in [2.24, 2.45) is 0 Å². The van der Waals surface area contributed by atoms with Gasteiger partial charge in [-0.3, -0.25) is 4.79 Å². The van der Waals surface area contributed by atoms with Gasteiger partial charge >= 0.3 is 0 Å². The van der Waals surface area contributed by atoms with Crippen molar-refractivity contribution in [1.29, 1.82) is 0 Å². The lowest BCUT2D eigenvalue weighted by Gasteiger charge is -2.13. The third kappa shape index (κ3) is 3.30. The number of nitrogens with zero attached hydrogens (tertiary/aromatic N) is 3. The van der Waals surface area contributed by atoms with Crippen LogP contribution < -0.4 is 14.8 Å². The van der Waals surface area contributed by atoms with Crippen LogP contribution >= 0.6 is 11.6 Å². The molecule has 7 nitrogen and oxygen atoms in total. The average Bonchev–Trinajstić information content (AvgIpc) is 3.06. The third-order valence-electron chi connectivity index (χ3n) is 3.91. The topological polar surface area (TPSA) is 78.3 Å². The first-order valence-electron chi connectivity index (χ1n) is 8.00. The summed E-state index contributed by atoms with van der Waals surface area (Å²) < 4.78 is 12.3. The second kappa shape index (κ2) is 7.21. The van der Waals surface area contributed by atoms with Crippen molar-refractivity contribution in [3.05, 3.63) is 41.2 Å². The second-order valence-electron chi connectivity index (χ2n) is 5.96. The molecular weight excluding hydrogens is 356 g/mol. The van der Waals surface area contributed by atoms with Crippen LogP contribution in [0.15, 0.2) is 30.6 Å². The molecule has 0 aliphatic carbocycles. The van der Waals surface area contributed by atoms with Gasteiger partial charge in [0.15, 0.2) is 5.65 Å². The van der Waals surface area contributed by atoms with Gasteiger partial charge in [0.05, 0.1) is 36.7 Å². The van der Waals surface area contributed by atoms with E-state index >= 15 is 0 Å². The molecule has 0 saturated heterocycles. The fourth-order valence-corrected chi connectivity index (χ4v) is 2.83. The highest BCUT2D eigenvalue weighted by Gasteiger charge is 2.16. The van der Waals surface area contributed by atoms with Gasteiger partial charge in [-0.2, -0.15) is 5.10 Å². The minimum absolute atomic E-state index is 0.186. The largest absolute Gasteiger partial charge is 0.495 e. The van der Waals surface area contributed by atoms with Gasteiger partial charge < -0.3 is 14.8 Å². The van der Waals surface area contributed by atoms with Crippen LogP contribution in [0.2, 0.25) is 5.02 Å². The molecule has 1 N–H and O–H groups in total. The first-order chi connectivity index (χ1) is 12.4. The van der Waals surface area contributed by atoms with Gasteiger partial charge in [-0.15, -0.1) is 0 Å². The minimum atomic E-state index is -0.320. The molecule has 0 unspecified atom stereocenters. The molecule has 1 amide bonds. The molecule has 0 radical (unpaired) electrons. The Morgan fingerprint density at radius 1 is 1.15 bits per heavy atom. The Morgan fingerprint density at radius 3 is 2.54 bits per heavy atom. The maximum Gasteiger partial charge on any atom is 0.257 e. The Hall–Kier alpha value is -2.80. The van der Waals surface area contributed by atoms with Gasteiger partial charge in [0.1, 0.15) is 11.5 Å². The Kier molecular flexibility index (Phi) is 4.99. The number of aromatic nitrogens is 3. The first kappa shape index (κ1) is 18.0. The lowest BCUT2D eigenvalue weighted by atomic mass is 10.2. The summed E-state index contributed by atoms with van der Waals surface area (Å²) in [6, 6.07) is 5.14. The van der Waals surface area contributed by atoms with Gasteiger partial charge in [-0.25, -0.2) is 9.67 Å². The van der Waals surface area contributed by atoms with Crippen LogP contribution in [0.4, 0.5) is 5.69 Å². The van der Waals surface area contributed by atoms with Crippen LogP contribution in [-0.2, 0) is 0 Å². The molecule has 0 bridgehead atoms. The molecule has 3 aromatic rings. The van der Waals surface area contributed by atoms with Crippen molar-refractivity contribution >= 4 is 34.2 Å². The number of anilines is 1. The standard InChI is InChI=1S/C18H19ClN4O3/c1-10(2)23-17-11(9-21-23)5-12(8-20-17)18(24)22-14-7-15(25-3)13(19)6-16(14)26-4/h5-10H,1-4H3,(H,22,24). The van der Waals surface area contributed by atoms with Gasteiger partial charge in [-0.1, -0.05) is 11.6 Å². The Labute approximate surface area is 155 Å². The number of amides is 1. The summed E-state index contributed by atoms with van der Waals surface area (Å²) in [6.07, 6.45) is 3.23. The summed E-state index contributed by atoms with van der Waals surface area (Å²) in [5, 5.41) is 8.31. The molecule has 0 spiro atoms. The molecule has 0 aliphatic rings. The fourth-order valence-electron chi connectivity index (χ4n) is 2.59. The number of fused-ring (bicyclic) bond motifs is 1. The first-order valence-corrected chi connectivity index (χ1v) is 8.38. The molecule has 136 valence electrons. The number of halogens is 1. The van der Waals surface area contributed by atoms with Crippen LogP contribution in [0.1, 0.15) is 30.2 Å². The van der Waals surface area contributed by atoms with E-state index in [4.69, 9.17) is 21.1 Å². The molecule has 2 heterocycles. The highest BCUT2D eigenvalue weighted by molar-refractivity contribution is 6.32. The smallest absolute Gasteiger partial charge is 0.257 e. The fraction of sp³-hybridized carbons (Fsp3) is 0.278. The number of hydrogen-bond donors (Lipinski definition) is 1. The number of ether oxygens (including phenoxy) is 2. The molecule has 3 rings (SSSR count). The third-order valence-corrected chi connectivity index (χ3v) is 4.20. The number of pyridine rings is 1. The normalized spacial score (nSPS) is 11.0. The monoisotopic (exact) mass is 374 g/mol. The zero-order valence-corrected chi connectivity index (χ0v) is 15.7. The van der Waals surface area contributed by atoms with Crippen LogP contribution in [0.3, 0.4) is 0 Å². The van der Waals surface area contributed by atoms with Crippen LogP contribution in [0, 0.1) is 0 Å². The summed E-state index contributed by atoms with van der Waals surface area (Å²) in [5.41, 5.74) is 1.61. The van der Waals surface area contributed by atoms with Crippen molar-refractivity contribution < 1.29 is 14.3 Å². The molecule has 0 saturated carbocycles. The van der Waals surface area contributed by atoms with Gasteiger partial charge in [0, 0.05) is 29.8 Å². The molecule has 2 aromatic heterocycles. The van der Waals surface area contributed by atoms with Crippen molar-refractivity contribution in [2.45, 2.75) is 19.9 Å². The Balaban J connectivity index is 1.92. The molecule has 0 aliphatic heterocycles. The van der Waals surface area contributed by atoms with Crippen molar-refractivity contribution in [3.63, 3.8) is 0 Å². The van der Waals surface area contributed by atoms with E-state index in [-0.39, 0.29) is 11.9 Å². The predicted octanol–water partition coefficient (Wildman–Crippen LogP) is 3.94. The number of rotatable bonds is 5. The van der Waals surface area contributed by atoms with Crippen molar-refractivity contribution in [2.75, 3.05) is 19.5 Å². The zero-order chi connectivity index (χ0) is 18.8. The number of benzene rings is 1. The van der Waals surface area contributed by atoms with E-state index in [9.17, 15) is 4.79 Å². The summed E-state index contributed by atoms with van der Waals surface area (Å²) in [4.78, 5) is 17.0. The number of carbonyl (C=O) groups excluding carboxylic acids is 1. The minimum Gasteiger partial charge on any atom is -0.495 e. The summed E-state index contributed by atoms with van der Waals surface area (Å²) >= 11 is 6.09. The van der Waals surface area contributed by atoms with Crippen LogP contribution in [0.25, 0.3) is 11.0 Å². The van der Waals surface area contributed by atoms with Crippen molar-refractivity contribution in [3.8, 4) is 11.5 Å². The molecule has 26 heavy (non-hydrogen) atoms. The Bertz CT molecular complexity index is 968. The van der Waals surface area contributed by atoms with Crippen LogP contribution in [0.5, 0.6) is 11.5 Å². The van der Waals surface area contributed by atoms with Gasteiger partial charge in [0.2, 0.25) is 0 Å². The van der Waals surface area contributed by atoms with E-state index in [1.165, 1.54) is 20.4 Å². The van der Waals surface area contributed by atoms with E-state index in [1.54, 1.807) is 24.4 Å². The summed E-state index contributed by atoms with van der Waals surface area (Å²) in [7, 11) is 3.01. The summed E-state index contributed by atoms with van der Waals surface area (Å²) in [5.74, 6) is 0.555. The summed E-state index contributed by atoms with van der Waals surface area (Å²) in [6.45, 7) is 4.05. The number of carbonyl (C=O) groups is 1. The SMILES string of the molecule is COc1cc(NC(=O)c2cnc3c(cnn3C(C)C)c2)c(OC)cc1Cl. The second-order valence-corrected chi connectivity index (χ2v) is 6.37. The molecule has 1 aromatic carbocycles. The predicted molar refractivity (Wildman–Crippen MR) is 100 cm³/mol. The molecule has 0 atom stereocenters. The number of hydrogen-bond acceptors (Lipinski definition) is 5. The van der Waals surface area contributed by atoms with Gasteiger partial charge in [-0.05, 0) is 19.9 Å². The Morgan fingerprint density at radius 2 is 1.88 bits per heavy atom. The zero-order valence-electron chi connectivity index (χ0n) is 14.9. The van der Waals surface area contributed by atoms with Crippen molar-refractivity contribution in [1.82, 2.24) is 14.8 Å². The van der Waals surface area contributed by atoms with Gasteiger partial charge in [0.25, 0.3) is 5.91 Å². The number of methoxy groups -OCH3 is 2. The van der Waals surface area contributed by atoms with E-state index in [1.807, 2.05) is 18.5 Å². The lowest BCUT2D eigenvalue weighted by molar-refractivity contribution is 0.102.